The average molecular weight is 342 g/mol. The standard InChI is InChI=1S/C18H22N4OS/c1-11(12-6-7-12)19-16(23)10-24-18-21-15-5-3-2-4-14(15)17(22-18)20-13-8-9-13/h2-5,11-13H,6-10H2,1H3,(H,19,23)(H,20,21,22)/t11-/m1/s1. The minimum atomic E-state index is 0.0628. The maximum absolute atomic E-state index is 12.1. The maximum Gasteiger partial charge on any atom is 0.230 e. The molecule has 5 nitrogen and oxygen atoms in total. The fourth-order valence-electron chi connectivity index (χ4n) is 2.79. The number of para-hydroxylation sites is 1. The Hall–Kier alpha value is -1.82. The van der Waals surface area contributed by atoms with E-state index in [4.69, 9.17) is 0 Å². The summed E-state index contributed by atoms with van der Waals surface area (Å²) in [5.41, 5.74) is 0.921. The summed E-state index contributed by atoms with van der Waals surface area (Å²) >= 11 is 1.40. The summed E-state index contributed by atoms with van der Waals surface area (Å²) in [6.07, 6.45) is 4.86. The second-order valence-electron chi connectivity index (χ2n) is 6.77. The monoisotopic (exact) mass is 342 g/mol. The Kier molecular flexibility index (Phi) is 4.31. The lowest BCUT2D eigenvalue weighted by Gasteiger charge is -2.13. The number of amides is 1. The van der Waals surface area contributed by atoms with Crippen molar-refractivity contribution in [2.45, 2.75) is 49.8 Å². The van der Waals surface area contributed by atoms with Crippen molar-refractivity contribution in [3.63, 3.8) is 0 Å². The van der Waals surface area contributed by atoms with Crippen LogP contribution < -0.4 is 10.6 Å². The third-order valence-corrected chi connectivity index (χ3v) is 5.40. The number of rotatable bonds is 7. The number of benzene rings is 1. The molecule has 6 heteroatoms. The summed E-state index contributed by atoms with van der Waals surface area (Å²) in [5.74, 6) is 1.98. The number of aromatic nitrogens is 2. The number of anilines is 1. The number of thioether (sulfide) groups is 1. The average Bonchev–Trinajstić information content (AvgIpc) is 3.46. The Balaban J connectivity index is 1.45. The van der Waals surface area contributed by atoms with Gasteiger partial charge < -0.3 is 10.6 Å². The summed E-state index contributed by atoms with van der Waals surface area (Å²) in [4.78, 5) is 21.3. The minimum absolute atomic E-state index is 0.0628. The molecule has 4 rings (SSSR count). The number of hydrogen-bond acceptors (Lipinski definition) is 5. The summed E-state index contributed by atoms with van der Waals surface area (Å²) in [7, 11) is 0. The number of nitrogens with zero attached hydrogens (tertiary/aromatic N) is 2. The molecule has 2 aromatic rings. The minimum Gasteiger partial charge on any atom is -0.367 e. The second kappa shape index (κ2) is 6.59. The van der Waals surface area contributed by atoms with Crippen LogP contribution in [-0.2, 0) is 4.79 Å². The van der Waals surface area contributed by atoms with Gasteiger partial charge in [-0.15, -0.1) is 0 Å². The molecule has 0 radical (unpaired) electrons. The highest BCUT2D eigenvalue weighted by atomic mass is 32.2. The number of carbonyl (C=O) groups is 1. The topological polar surface area (TPSA) is 66.9 Å². The zero-order valence-electron chi connectivity index (χ0n) is 13.8. The van der Waals surface area contributed by atoms with E-state index in [2.05, 4.69) is 27.5 Å². The fourth-order valence-corrected chi connectivity index (χ4v) is 3.45. The molecule has 2 saturated carbocycles. The van der Waals surface area contributed by atoms with Gasteiger partial charge in [0.25, 0.3) is 0 Å². The van der Waals surface area contributed by atoms with Crippen molar-refractivity contribution in [3.8, 4) is 0 Å². The van der Waals surface area contributed by atoms with Gasteiger partial charge in [0.2, 0.25) is 5.91 Å². The number of fused-ring (bicyclic) bond motifs is 1. The van der Waals surface area contributed by atoms with Crippen LogP contribution in [-0.4, -0.2) is 33.7 Å². The van der Waals surface area contributed by atoms with Crippen molar-refractivity contribution >= 4 is 34.4 Å². The van der Waals surface area contributed by atoms with Crippen molar-refractivity contribution in [1.29, 1.82) is 0 Å². The van der Waals surface area contributed by atoms with Crippen molar-refractivity contribution in [2.24, 2.45) is 5.92 Å². The van der Waals surface area contributed by atoms with Crippen molar-refractivity contribution in [1.82, 2.24) is 15.3 Å². The molecular weight excluding hydrogens is 320 g/mol. The van der Waals surface area contributed by atoms with Gasteiger partial charge in [0.15, 0.2) is 5.16 Å². The van der Waals surface area contributed by atoms with E-state index in [1.807, 2.05) is 24.3 Å². The van der Waals surface area contributed by atoms with Gasteiger partial charge in [-0.05, 0) is 50.7 Å². The molecule has 0 unspecified atom stereocenters. The number of hydrogen-bond donors (Lipinski definition) is 2. The Morgan fingerprint density at radius 2 is 2.04 bits per heavy atom. The van der Waals surface area contributed by atoms with Crippen LogP contribution in [0.3, 0.4) is 0 Å². The molecule has 1 heterocycles. The second-order valence-corrected chi connectivity index (χ2v) is 7.72. The normalized spacial score (nSPS) is 18.4. The lowest BCUT2D eigenvalue weighted by molar-refractivity contribution is -0.119. The summed E-state index contributed by atoms with van der Waals surface area (Å²) in [5, 5.41) is 8.25. The summed E-state index contributed by atoms with van der Waals surface area (Å²) < 4.78 is 0. The SMILES string of the molecule is C[C@@H](NC(=O)CSc1nc(NC2CC2)c2ccccc2n1)C1CC1. The van der Waals surface area contributed by atoms with Crippen LogP contribution in [0.4, 0.5) is 5.82 Å². The van der Waals surface area contributed by atoms with Gasteiger partial charge in [0.1, 0.15) is 5.82 Å². The first-order valence-electron chi connectivity index (χ1n) is 8.64. The van der Waals surface area contributed by atoms with E-state index in [1.165, 1.54) is 37.4 Å². The molecule has 1 aromatic carbocycles. The predicted octanol–water partition coefficient (Wildman–Crippen LogP) is 3.21. The molecule has 126 valence electrons. The number of carbonyl (C=O) groups excluding carboxylic acids is 1. The molecule has 2 aliphatic rings. The highest BCUT2D eigenvalue weighted by molar-refractivity contribution is 7.99. The molecule has 0 aliphatic heterocycles. The molecule has 1 amide bonds. The Morgan fingerprint density at radius 3 is 2.79 bits per heavy atom. The quantitative estimate of drug-likeness (QED) is 0.597. The molecule has 1 atom stereocenters. The van der Waals surface area contributed by atoms with E-state index >= 15 is 0 Å². The third-order valence-electron chi connectivity index (χ3n) is 4.55. The molecule has 2 fully saturated rings. The first-order valence-corrected chi connectivity index (χ1v) is 9.63. The van der Waals surface area contributed by atoms with E-state index in [0.717, 1.165) is 16.7 Å². The molecule has 2 aliphatic carbocycles. The molecule has 2 N–H and O–H groups in total. The van der Waals surface area contributed by atoms with Crippen molar-refractivity contribution in [3.05, 3.63) is 24.3 Å². The van der Waals surface area contributed by atoms with Gasteiger partial charge in [0, 0.05) is 17.5 Å². The zero-order valence-corrected chi connectivity index (χ0v) is 14.6. The first kappa shape index (κ1) is 15.7. The summed E-state index contributed by atoms with van der Waals surface area (Å²) in [6, 6.07) is 8.83. The van der Waals surface area contributed by atoms with Crippen LogP contribution in [0.15, 0.2) is 29.4 Å². The van der Waals surface area contributed by atoms with E-state index in [9.17, 15) is 4.79 Å². The number of nitrogens with one attached hydrogen (secondary N) is 2. The van der Waals surface area contributed by atoms with Crippen LogP contribution in [0.25, 0.3) is 10.9 Å². The Bertz CT molecular complexity index is 758. The van der Waals surface area contributed by atoms with Crippen LogP contribution in [0, 0.1) is 5.92 Å². The van der Waals surface area contributed by atoms with E-state index in [1.54, 1.807) is 0 Å². The summed E-state index contributed by atoms with van der Waals surface area (Å²) in [6.45, 7) is 2.09. The van der Waals surface area contributed by atoms with Gasteiger partial charge in [-0.3, -0.25) is 4.79 Å². The lowest BCUT2D eigenvalue weighted by Crippen LogP contribution is -2.35. The van der Waals surface area contributed by atoms with Crippen LogP contribution in [0.2, 0.25) is 0 Å². The molecule has 0 saturated heterocycles. The first-order chi connectivity index (χ1) is 11.7. The van der Waals surface area contributed by atoms with Crippen LogP contribution >= 0.6 is 11.8 Å². The Labute approximate surface area is 146 Å². The van der Waals surface area contributed by atoms with Gasteiger partial charge >= 0.3 is 0 Å². The maximum atomic E-state index is 12.1. The van der Waals surface area contributed by atoms with Crippen molar-refractivity contribution in [2.75, 3.05) is 11.1 Å². The fraction of sp³-hybridized carbons (Fsp3) is 0.500. The highest BCUT2D eigenvalue weighted by Crippen LogP contribution is 2.32. The van der Waals surface area contributed by atoms with Gasteiger partial charge in [-0.25, -0.2) is 9.97 Å². The smallest absolute Gasteiger partial charge is 0.230 e. The van der Waals surface area contributed by atoms with E-state index < -0.39 is 0 Å². The van der Waals surface area contributed by atoms with Gasteiger partial charge in [0.05, 0.1) is 11.3 Å². The van der Waals surface area contributed by atoms with Crippen molar-refractivity contribution < 1.29 is 4.79 Å². The van der Waals surface area contributed by atoms with Crippen LogP contribution in [0.5, 0.6) is 0 Å². The molecule has 1 aromatic heterocycles. The van der Waals surface area contributed by atoms with Gasteiger partial charge in [-0.1, -0.05) is 23.9 Å². The predicted molar refractivity (Wildman–Crippen MR) is 97.2 cm³/mol. The van der Waals surface area contributed by atoms with E-state index in [0.29, 0.717) is 22.9 Å². The Morgan fingerprint density at radius 1 is 1.25 bits per heavy atom. The third kappa shape index (κ3) is 3.80. The lowest BCUT2D eigenvalue weighted by atomic mass is 10.2. The highest BCUT2D eigenvalue weighted by Gasteiger charge is 2.29. The largest absolute Gasteiger partial charge is 0.367 e. The molecule has 0 bridgehead atoms. The molecule has 24 heavy (non-hydrogen) atoms. The zero-order chi connectivity index (χ0) is 16.5. The van der Waals surface area contributed by atoms with Crippen LogP contribution in [0.1, 0.15) is 32.6 Å². The van der Waals surface area contributed by atoms with Gasteiger partial charge in [-0.2, -0.15) is 0 Å². The molecular formula is C18H22N4OS. The van der Waals surface area contributed by atoms with E-state index in [-0.39, 0.29) is 11.9 Å². The molecule has 0 spiro atoms.